The zero-order valence-corrected chi connectivity index (χ0v) is 10.7. The molecule has 2 aliphatic rings. The van der Waals surface area contributed by atoms with Gasteiger partial charge in [-0.15, -0.1) is 0 Å². The SMILES string of the molecule is COc1c(C#N)c(C#N)c(OC)c2c1C1C=CC2C1. The van der Waals surface area contributed by atoms with E-state index in [9.17, 15) is 10.5 Å². The van der Waals surface area contributed by atoms with E-state index in [0.717, 1.165) is 17.5 Å². The van der Waals surface area contributed by atoms with Gasteiger partial charge in [0.2, 0.25) is 0 Å². The first-order valence-corrected chi connectivity index (χ1v) is 6.07. The molecule has 3 rings (SSSR count). The van der Waals surface area contributed by atoms with Crippen LogP contribution in [-0.4, -0.2) is 14.2 Å². The normalized spacial score (nSPS) is 21.7. The van der Waals surface area contributed by atoms with Crippen molar-refractivity contribution in [2.24, 2.45) is 0 Å². The first-order chi connectivity index (χ1) is 9.26. The molecule has 1 aromatic rings. The van der Waals surface area contributed by atoms with Gasteiger partial charge in [-0.2, -0.15) is 10.5 Å². The molecule has 2 atom stereocenters. The first kappa shape index (κ1) is 11.6. The second-order valence-electron chi connectivity index (χ2n) is 4.70. The van der Waals surface area contributed by atoms with Gasteiger partial charge >= 0.3 is 0 Å². The topological polar surface area (TPSA) is 66.0 Å². The minimum absolute atomic E-state index is 0.267. The van der Waals surface area contributed by atoms with Crippen LogP contribution in [0.1, 0.15) is 40.5 Å². The van der Waals surface area contributed by atoms with Crippen molar-refractivity contribution in [2.75, 3.05) is 14.2 Å². The summed E-state index contributed by atoms with van der Waals surface area (Å²) in [5.41, 5.74) is 2.59. The van der Waals surface area contributed by atoms with E-state index in [1.54, 1.807) is 14.2 Å². The number of nitriles is 2. The molecule has 0 radical (unpaired) electrons. The van der Waals surface area contributed by atoms with Gasteiger partial charge in [-0.3, -0.25) is 0 Å². The number of allylic oxidation sites excluding steroid dienone is 2. The molecule has 0 N–H and O–H groups in total. The zero-order chi connectivity index (χ0) is 13.6. The Bertz CT molecular complexity index is 620. The first-order valence-electron chi connectivity index (χ1n) is 6.07. The smallest absolute Gasteiger partial charge is 0.142 e. The number of benzene rings is 1. The highest BCUT2D eigenvalue weighted by Crippen LogP contribution is 2.57. The van der Waals surface area contributed by atoms with E-state index >= 15 is 0 Å². The van der Waals surface area contributed by atoms with Gasteiger partial charge in [0.25, 0.3) is 0 Å². The van der Waals surface area contributed by atoms with Crippen molar-refractivity contribution in [1.82, 2.24) is 0 Å². The lowest BCUT2D eigenvalue weighted by Crippen LogP contribution is -2.06. The predicted molar refractivity (Wildman–Crippen MR) is 68.2 cm³/mol. The van der Waals surface area contributed by atoms with E-state index < -0.39 is 0 Å². The van der Waals surface area contributed by atoms with Crippen LogP contribution in [0.3, 0.4) is 0 Å². The van der Waals surface area contributed by atoms with Gasteiger partial charge in [-0.05, 0) is 6.42 Å². The van der Waals surface area contributed by atoms with Crippen LogP contribution in [0.2, 0.25) is 0 Å². The summed E-state index contributed by atoms with van der Waals surface area (Å²) in [6.07, 6.45) is 5.26. The molecule has 94 valence electrons. The molecule has 0 fully saturated rings. The van der Waals surface area contributed by atoms with Gasteiger partial charge in [0.15, 0.2) is 0 Å². The number of nitrogens with zero attached hydrogens (tertiary/aromatic N) is 2. The molecule has 4 heteroatoms. The van der Waals surface area contributed by atoms with Crippen molar-refractivity contribution in [3.63, 3.8) is 0 Å². The lowest BCUT2D eigenvalue weighted by molar-refractivity contribution is 0.394. The van der Waals surface area contributed by atoms with Gasteiger partial charge < -0.3 is 9.47 Å². The number of hydrogen-bond acceptors (Lipinski definition) is 4. The maximum Gasteiger partial charge on any atom is 0.142 e. The third kappa shape index (κ3) is 1.32. The molecule has 0 aliphatic heterocycles. The Hall–Kier alpha value is -2.46. The molecular formula is C15H12N2O2. The highest BCUT2D eigenvalue weighted by molar-refractivity contribution is 5.72. The lowest BCUT2D eigenvalue weighted by Gasteiger charge is -2.20. The lowest BCUT2D eigenvalue weighted by atomic mass is 9.89. The van der Waals surface area contributed by atoms with Crippen molar-refractivity contribution in [1.29, 1.82) is 10.5 Å². The van der Waals surface area contributed by atoms with Gasteiger partial charge in [0.1, 0.15) is 34.8 Å². The largest absolute Gasteiger partial charge is 0.495 e. The summed E-state index contributed by atoms with van der Waals surface area (Å²) < 4.78 is 10.8. The molecule has 19 heavy (non-hydrogen) atoms. The molecule has 1 aromatic carbocycles. The Balaban J connectivity index is 2.43. The highest BCUT2D eigenvalue weighted by atomic mass is 16.5. The molecule has 0 spiro atoms. The van der Waals surface area contributed by atoms with E-state index in [4.69, 9.17) is 9.47 Å². The Kier molecular flexibility index (Phi) is 2.47. The van der Waals surface area contributed by atoms with E-state index in [1.807, 2.05) is 0 Å². The van der Waals surface area contributed by atoms with Gasteiger partial charge in [0, 0.05) is 23.0 Å². The third-order valence-electron chi connectivity index (χ3n) is 3.94. The Morgan fingerprint density at radius 1 is 0.947 bits per heavy atom. The fourth-order valence-corrected chi connectivity index (χ4v) is 3.24. The molecule has 0 saturated carbocycles. The van der Waals surface area contributed by atoms with Gasteiger partial charge in [-0.25, -0.2) is 0 Å². The van der Waals surface area contributed by atoms with Crippen molar-refractivity contribution < 1.29 is 9.47 Å². The number of rotatable bonds is 2. The van der Waals surface area contributed by atoms with Crippen LogP contribution in [0, 0.1) is 22.7 Å². The number of hydrogen-bond donors (Lipinski definition) is 0. The molecule has 0 aromatic heterocycles. The zero-order valence-electron chi connectivity index (χ0n) is 10.7. The summed E-state index contributed by atoms with van der Waals surface area (Å²) in [7, 11) is 3.08. The molecular weight excluding hydrogens is 240 g/mol. The number of methoxy groups -OCH3 is 2. The van der Waals surface area contributed by atoms with Crippen LogP contribution >= 0.6 is 0 Å². The molecule has 2 bridgehead atoms. The number of ether oxygens (including phenoxy) is 2. The van der Waals surface area contributed by atoms with Crippen molar-refractivity contribution in [3.05, 3.63) is 34.4 Å². The second kappa shape index (κ2) is 4.03. The third-order valence-corrected chi connectivity index (χ3v) is 3.94. The molecule has 2 aliphatic carbocycles. The molecule has 4 nitrogen and oxygen atoms in total. The van der Waals surface area contributed by atoms with E-state index in [1.165, 1.54) is 0 Å². The monoisotopic (exact) mass is 252 g/mol. The Morgan fingerprint density at radius 3 is 1.68 bits per heavy atom. The van der Waals surface area contributed by atoms with Crippen molar-refractivity contribution in [3.8, 4) is 23.6 Å². The number of fused-ring (bicyclic) bond motifs is 5. The van der Waals surface area contributed by atoms with Crippen LogP contribution in [-0.2, 0) is 0 Å². The van der Waals surface area contributed by atoms with Crippen LogP contribution < -0.4 is 9.47 Å². The van der Waals surface area contributed by atoms with Crippen LogP contribution in [0.4, 0.5) is 0 Å². The maximum atomic E-state index is 9.33. The summed E-state index contributed by atoms with van der Waals surface area (Å²) in [5.74, 6) is 1.60. The van der Waals surface area contributed by atoms with E-state index in [0.29, 0.717) is 11.5 Å². The molecule has 0 saturated heterocycles. The summed E-state index contributed by atoms with van der Waals surface area (Å²) in [6, 6.07) is 4.16. The quantitative estimate of drug-likeness (QED) is 0.759. The summed E-state index contributed by atoms with van der Waals surface area (Å²) in [5, 5.41) is 18.7. The summed E-state index contributed by atoms with van der Waals surface area (Å²) in [6.45, 7) is 0. The van der Waals surface area contributed by atoms with E-state index in [-0.39, 0.29) is 23.0 Å². The predicted octanol–water partition coefficient (Wildman–Crippen LogP) is 2.59. The van der Waals surface area contributed by atoms with Crippen LogP contribution in [0.5, 0.6) is 11.5 Å². The van der Waals surface area contributed by atoms with E-state index in [2.05, 4.69) is 24.3 Å². The minimum Gasteiger partial charge on any atom is -0.495 e. The second-order valence-corrected chi connectivity index (χ2v) is 4.70. The highest BCUT2D eigenvalue weighted by Gasteiger charge is 2.40. The van der Waals surface area contributed by atoms with Crippen LogP contribution in [0.15, 0.2) is 12.2 Å². The van der Waals surface area contributed by atoms with Crippen LogP contribution in [0.25, 0.3) is 0 Å². The fourth-order valence-electron chi connectivity index (χ4n) is 3.24. The molecule has 0 heterocycles. The average molecular weight is 252 g/mol. The molecule has 0 amide bonds. The fraction of sp³-hybridized carbons (Fsp3) is 0.333. The average Bonchev–Trinajstić information content (AvgIpc) is 3.05. The summed E-state index contributed by atoms with van der Waals surface area (Å²) >= 11 is 0. The maximum absolute atomic E-state index is 9.33. The van der Waals surface area contributed by atoms with Crippen molar-refractivity contribution >= 4 is 0 Å². The molecule has 2 unspecified atom stereocenters. The Labute approximate surface area is 111 Å². The van der Waals surface area contributed by atoms with Crippen molar-refractivity contribution in [2.45, 2.75) is 18.3 Å². The van der Waals surface area contributed by atoms with Gasteiger partial charge in [-0.1, -0.05) is 12.2 Å². The Morgan fingerprint density at radius 2 is 1.37 bits per heavy atom. The summed E-state index contributed by atoms with van der Waals surface area (Å²) in [4.78, 5) is 0. The minimum atomic E-state index is 0.267. The van der Waals surface area contributed by atoms with Gasteiger partial charge in [0.05, 0.1) is 14.2 Å². The standard InChI is InChI=1S/C15H12N2O2/c1-18-14-10(6-16)11(7-17)15(19-2)13-9-4-3-8(5-9)12(13)14/h3-4,8-9H,5H2,1-2H3.